The molecular weight excluding hydrogens is 597 g/mol. The number of amidine groups is 1. The summed E-state index contributed by atoms with van der Waals surface area (Å²) in [6, 6.07) is 30.2. The van der Waals surface area contributed by atoms with Crippen LogP contribution < -0.4 is 4.74 Å². The number of hydrogen-bond donors (Lipinski definition) is 0. The molecule has 4 aromatic rings. The lowest BCUT2D eigenvalue weighted by Gasteiger charge is -2.25. The first-order valence-electron chi connectivity index (χ1n) is 16.9. The summed E-state index contributed by atoms with van der Waals surface area (Å²) in [6.45, 7) is 2.15. The van der Waals surface area contributed by atoms with Crippen LogP contribution in [-0.2, 0) is 0 Å². The highest BCUT2D eigenvalue weighted by Crippen LogP contribution is 2.44. The summed E-state index contributed by atoms with van der Waals surface area (Å²) in [5.41, 5.74) is 8.68. The van der Waals surface area contributed by atoms with Crippen LogP contribution in [-0.4, -0.2) is 17.7 Å². The molecular formula is C46H36N2O. The van der Waals surface area contributed by atoms with Crippen LogP contribution in [0.15, 0.2) is 173 Å². The minimum Gasteiger partial charge on any atom is -0.484 e. The van der Waals surface area contributed by atoms with Crippen molar-refractivity contribution in [1.82, 2.24) is 0 Å². The Labute approximate surface area is 288 Å². The summed E-state index contributed by atoms with van der Waals surface area (Å²) in [5.74, 6) is 4.50. The van der Waals surface area contributed by atoms with Gasteiger partial charge in [-0.1, -0.05) is 145 Å². The number of allylic oxidation sites excluding steroid dienone is 10. The minimum absolute atomic E-state index is 0.000228. The van der Waals surface area contributed by atoms with E-state index < -0.39 is 0 Å². The molecule has 8 rings (SSSR count). The fraction of sp³-hybridized carbons (Fsp3) is 0.130. The van der Waals surface area contributed by atoms with Crippen LogP contribution >= 0.6 is 0 Å². The monoisotopic (exact) mass is 632 g/mol. The normalized spacial score (nSPS) is 22.5. The first-order chi connectivity index (χ1) is 24.2. The first kappa shape index (κ1) is 30.4. The smallest absolute Gasteiger partial charge is 0.137 e. The van der Waals surface area contributed by atoms with E-state index in [1.54, 1.807) is 6.08 Å². The molecule has 0 bridgehead atoms. The predicted octanol–water partition coefficient (Wildman–Crippen LogP) is 10.6. The summed E-state index contributed by atoms with van der Waals surface area (Å²) >= 11 is 0. The van der Waals surface area contributed by atoms with E-state index in [1.807, 2.05) is 6.08 Å². The SMILES string of the molecule is C#C/C=C\C=C(/C)C1C=CC=CC1C1=NC(c2ccccc2-c2ccc3ccccc3c2)=CCC(c2cccc3c2OC2C=CC=CC32)=N1. The molecule has 3 nitrogen and oxygen atoms in total. The first-order valence-corrected chi connectivity index (χ1v) is 16.9. The van der Waals surface area contributed by atoms with Crippen molar-refractivity contribution in [1.29, 1.82) is 0 Å². The van der Waals surface area contributed by atoms with Crippen molar-refractivity contribution in [2.75, 3.05) is 0 Å². The van der Waals surface area contributed by atoms with Crippen LogP contribution in [0, 0.1) is 24.2 Å². The molecule has 4 atom stereocenters. The van der Waals surface area contributed by atoms with E-state index in [1.165, 1.54) is 21.9 Å². The number of aliphatic imine (C=N–C) groups is 2. The van der Waals surface area contributed by atoms with Crippen LogP contribution in [0.2, 0.25) is 0 Å². The van der Waals surface area contributed by atoms with Gasteiger partial charge >= 0.3 is 0 Å². The molecule has 2 heterocycles. The van der Waals surface area contributed by atoms with Crippen molar-refractivity contribution in [3.63, 3.8) is 0 Å². The average Bonchev–Trinajstić information content (AvgIpc) is 3.40. The number of hydrogen-bond acceptors (Lipinski definition) is 3. The fourth-order valence-electron chi connectivity index (χ4n) is 7.32. The van der Waals surface area contributed by atoms with Crippen molar-refractivity contribution in [3.05, 3.63) is 180 Å². The van der Waals surface area contributed by atoms with Gasteiger partial charge in [0.05, 0.1) is 11.4 Å². The Morgan fingerprint density at radius 2 is 1.53 bits per heavy atom. The number of para-hydroxylation sites is 1. The summed E-state index contributed by atoms with van der Waals surface area (Å²) in [7, 11) is 0. The molecule has 3 heteroatoms. The van der Waals surface area contributed by atoms with Crippen molar-refractivity contribution in [2.24, 2.45) is 21.8 Å². The van der Waals surface area contributed by atoms with Crippen LogP contribution in [0.1, 0.15) is 36.0 Å². The van der Waals surface area contributed by atoms with Gasteiger partial charge in [-0.05, 0) is 53.1 Å². The van der Waals surface area contributed by atoms with Gasteiger partial charge in [-0.2, -0.15) is 0 Å². The molecule has 2 aliphatic heterocycles. The lowest BCUT2D eigenvalue weighted by molar-refractivity contribution is 0.268. The van der Waals surface area contributed by atoms with Crippen molar-refractivity contribution in [2.45, 2.75) is 25.4 Å². The third-order valence-corrected chi connectivity index (χ3v) is 9.80. The van der Waals surface area contributed by atoms with E-state index >= 15 is 0 Å². The Balaban J connectivity index is 1.26. The van der Waals surface area contributed by atoms with Gasteiger partial charge in [0.2, 0.25) is 0 Å². The van der Waals surface area contributed by atoms with Crippen molar-refractivity contribution >= 4 is 28.0 Å². The van der Waals surface area contributed by atoms with Gasteiger partial charge < -0.3 is 4.74 Å². The summed E-state index contributed by atoms with van der Waals surface area (Å²) in [4.78, 5) is 10.9. The number of rotatable bonds is 6. The molecule has 0 N–H and O–H groups in total. The molecule has 0 aromatic heterocycles. The summed E-state index contributed by atoms with van der Waals surface area (Å²) in [5, 5.41) is 2.44. The predicted molar refractivity (Wildman–Crippen MR) is 205 cm³/mol. The third-order valence-electron chi connectivity index (χ3n) is 9.80. The van der Waals surface area contributed by atoms with Crippen molar-refractivity contribution in [3.8, 4) is 29.2 Å². The summed E-state index contributed by atoms with van der Waals surface area (Å²) < 4.78 is 6.62. The molecule has 236 valence electrons. The Bertz CT molecular complexity index is 2280. The zero-order chi connectivity index (χ0) is 33.2. The molecule has 0 fully saturated rings. The zero-order valence-corrected chi connectivity index (χ0v) is 27.4. The second-order valence-electron chi connectivity index (χ2n) is 12.8. The van der Waals surface area contributed by atoms with Crippen LogP contribution in [0.3, 0.4) is 0 Å². The molecule has 0 saturated carbocycles. The second kappa shape index (κ2) is 13.3. The van der Waals surface area contributed by atoms with Crippen LogP contribution in [0.5, 0.6) is 5.75 Å². The standard InChI is InChI=1S/C46H36N2O/c1-3-4-5-15-31(2)35-18-8-11-22-40(35)46-47-42(37-20-10-9-19-36(37)34-27-26-32-16-6-7-17-33(32)30-34)28-29-43(48-46)41-24-14-23-39-38-21-12-13-25-44(38)49-45(39)41/h1,4-28,30,35,38,40,44H,29H2,2H3/b5-4-,31-15+. The lowest BCUT2D eigenvalue weighted by Crippen LogP contribution is -2.23. The lowest BCUT2D eigenvalue weighted by atomic mass is 9.82. The molecule has 0 saturated heterocycles. The Kier molecular flexibility index (Phi) is 8.22. The van der Waals surface area contributed by atoms with Crippen molar-refractivity contribution < 1.29 is 4.74 Å². The minimum atomic E-state index is -0.0732. The maximum atomic E-state index is 6.62. The van der Waals surface area contributed by atoms with Crippen LogP contribution in [0.4, 0.5) is 0 Å². The Morgan fingerprint density at radius 1 is 0.776 bits per heavy atom. The van der Waals surface area contributed by atoms with E-state index in [0.717, 1.165) is 45.2 Å². The second-order valence-corrected chi connectivity index (χ2v) is 12.8. The largest absolute Gasteiger partial charge is 0.484 e. The Hall–Kier alpha value is -5.98. The van der Waals surface area contributed by atoms with E-state index in [2.05, 4.69) is 159 Å². The van der Waals surface area contributed by atoms with Gasteiger partial charge in [0.25, 0.3) is 0 Å². The maximum absolute atomic E-state index is 6.62. The van der Waals surface area contributed by atoms with E-state index in [9.17, 15) is 0 Å². The molecule has 4 unspecified atom stereocenters. The highest BCUT2D eigenvalue weighted by atomic mass is 16.5. The van der Waals surface area contributed by atoms with Gasteiger partial charge in [0, 0.05) is 40.9 Å². The zero-order valence-electron chi connectivity index (χ0n) is 27.4. The third kappa shape index (κ3) is 5.88. The molecule has 49 heavy (non-hydrogen) atoms. The number of nitrogens with zero attached hydrogens (tertiary/aromatic N) is 2. The number of terminal acetylenes is 1. The number of fused-ring (bicyclic) bond motifs is 4. The fourth-order valence-corrected chi connectivity index (χ4v) is 7.32. The van der Waals surface area contributed by atoms with Gasteiger partial charge in [-0.3, -0.25) is 0 Å². The number of ether oxygens (including phenoxy) is 1. The van der Waals surface area contributed by atoms with E-state index in [0.29, 0.717) is 6.42 Å². The topological polar surface area (TPSA) is 34.0 Å². The van der Waals surface area contributed by atoms with E-state index in [4.69, 9.17) is 21.1 Å². The molecule has 4 aliphatic rings. The Morgan fingerprint density at radius 3 is 2.41 bits per heavy atom. The van der Waals surface area contributed by atoms with Gasteiger partial charge in [-0.15, -0.1) is 6.42 Å². The molecule has 2 aliphatic carbocycles. The van der Waals surface area contributed by atoms with Gasteiger partial charge in [-0.25, -0.2) is 9.98 Å². The van der Waals surface area contributed by atoms with Gasteiger partial charge in [0.15, 0.2) is 0 Å². The quantitative estimate of drug-likeness (QED) is 0.154. The average molecular weight is 633 g/mol. The molecule has 0 spiro atoms. The van der Waals surface area contributed by atoms with Crippen LogP contribution in [0.25, 0.3) is 27.6 Å². The highest BCUT2D eigenvalue weighted by Gasteiger charge is 2.35. The molecule has 0 amide bonds. The highest BCUT2D eigenvalue weighted by molar-refractivity contribution is 6.13. The molecule has 0 radical (unpaired) electrons. The molecule has 4 aromatic carbocycles. The maximum Gasteiger partial charge on any atom is 0.137 e. The van der Waals surface area contributed by atoms with Gasteiger partial charge in [0.1, 0.15) is 17.7 Å². The van der Waals surface area contributed by atoms with E-state index in [-0.39, 0.29) is 23.9 Å². The number of benzene rings is 4. The summed E-state index contributed by atoms with van der Waals surface area (Å²) in [6.07, 6.45) is 31.3.